The fourth-order valence-electron chi connectivity index (χ4n) is 1.93. The van der Waals surface area contributed by atoms with Gasteiger partial charge in [-0.15, -0.1) is 0 Å². The molecule has 0 aromatic rings. The van der Waals surface area contributed by atoms with Crippen molar-refractivity contribution in [2.45, 2.75) is 37.0 Å². The van der Waals surface area contributed by atoms with Gasteiger partial charge >= 0.3 is 6.18 Å². The number of rotatable bonds is 2. The van der Waals surface area contributed by atoms with Gasteiger partial charge in [0.05, 0.1) is 11.5 Å². The summed E-state index contributed by atoms with van der Waals surface area (Å²) in [4.78, 5) is 0. The van der Waals surface area contributed by atoms with E-state index in [9.17, 15) is 21.6 Å². The summed E-state index contributed by atoms with van der Waals surface area (Å²) >= 11 is 0. The van der Waals surface area contributed by atoms with E-state index in [0.29, 0.717) is 6.42 Å². The molecule has 88 valence electrons. The van der Waals surface area contributed by atoms with Crippen molar-refractivity contribution in [2.75, 3.05) is 11.5 Å². The maximum Gasteiger partial charge on any atom is 0.406 e. The van der Waals surface area contributed by atoms with Crippen LogP contribution in [-0.4, -0.2) is 37.7 Å². The first-order valence-corrected chi connectivity index (χ1v) is 6.61. The van der Waals surface area contributed by atoms with Gasteiger partial charge in [0.15, 0.2) is 9.84 Å². The topological polar surface area (TPSA) is 46.2 Å². The Bertz CT molecular complexity index is 359. The lowest BCUT2D eigenvalue weighted by atomic mass is 10.2. The van der Waals surface area contributed by atoms with E-state index in [1.54, 1.807) is 0 Å². The quantitative estimate of drug-likeness (QED) is 0.782. The summed E-state index contributed by atoms with van der Waals surface area (Å²) in [6.45, 7) is 0. The largest absolute Gasteiger partial charge is 0.406 e. The highest BCUT2D eigenvalue weighted by Crippen LogP contribution is 2.49. The minimum Gasteiger partial charge on any atom is -0.300 e. The molecule has 0 aromatic carbocycles. The van der Waals surface area contributed by atoms with Crippen LogP contribution in [0.1, 0.15) is 19.3 Å². The van der Waals surface area contributed by atoms with E-state index in [-0.39, 0.29) is 24.3 Å². The highest BCUT2D eigenvalue weighted by molar-refractivity contribution is 7.91. The van der Waals surface area contributed by atoms with Crippen LogP contribution in [0.15, 0.2) is 0 Å². The third-order valence-corrected chi connectivity index (χ3v) is 4.77. The second-order valence-corrected chi connectivity index (χ2v) is 6.55. The zero-order valence-corrected chi connectivity index (χ0v) is 8.79. The van der Waals surface area contributed by atoms with Crippen molar-refractivity contribution in [3.8, 4) is 0 Å². The summed E-state index contributed by atoms with van der Waals surface area (Å²) in [5, 5.41) is 2.46. The first-order chi connectivity index (χ1) is 6.74. The molecule has 3 nitrogen and oxygen atoms in total. The maximum atomic E-state index is 12.5. The molecule has 0 radical (unpaired) electrons. The van der Waals surface area contributed by atoms with Crippen LogP contribution >= 0.6 is 0 Å². The SMILES string of the molecule is O=S1(=O)CCC(NC2(C(F)(F)F)CC2)C1. The first-order valence-electron chi connectivity index (χ1n) is 4.79. The molecule has 1 heterocycles. The molecule has 7 heteroatoms. The molecule has 1 unspecified atom stereocenters. The Morgan fingerprint density at radius 3 is 2.20 bits per heavy atom. The predicted octanol–water partition coefficient (Wildman–Crippen LogP) is 0.858. The van der Waals surface area contributed by atoms with Gasteiger partial charge in [-0.3, -0.25) is 5.32 Å². The molecule has 0 amide bonds. The molecule has 0 aromatic heterocycles. The van der Waals surface area contributed by atoms with Gasteiger partial charge in [-0.2, -0.15) is 13.2 Å². The lowest BCUT2D eigenvalue weighted by Crippen LogP contribution is -2.50. The van der Waals surface area contributed by atoms with E-state index in [1.807, 2.05) is 0 Å². The van der Waals surface area contributed by atoms with Gasteiger partial charge < -0.3 is 0 Å². The summed E-state index contributed by atoms with van der Waals surface area (Å²) < 4.78 is 59.7. The third kappa shape index (κ3) is 2.13. The molecule has 0 spiro atoms. The summed E-state index contributed by atoms with van der Waals surface area (Å²) in [6, 6.07) is -0.529. The van der Waals surface area contributed by atoms with Gasteiger partial charge in [0, 0.05) is 6.04 Å². The average molecular weight is 243 g/mol. The fourth-order valence-corrected chi connectivity index (χ4v) is 3.61. The summed E-state index contributed by atoms with van der Waals surface area (Å²) in [7, 11) is -3.12. The Labute approximate surface area is 86.0 Å². The molecule has 0 bridgehead atoms. The first kappa shape index (κ1) is 11.2. The molecule has 2 aliphatic rings. The summed E-state index contributed by atoms with van der Waals surface area (Å²) in [5.41, 5.74) is -1.79. The molecule has 1 aliphatic carbocycles. The van der Waals surface area contributed by atoms with E-state index >= 15 is 0 Å². The maximum absolute atomic E-state index is 12.5. The monoisotopic (exact) mass is 243 g/mol. The van der Waals surface area contributed by atoms with Gasteiger partial charge in [-0.25, -0.2) is 8.42 Å². The van der Waals surface area contributed by atoms with Crippen LogP contribution in [-0.2, 0) is 9.84 Å². The van der Waals surface area contributed by atoms with E-state index in [1.165, 1.54) is 0 Å². The molecule has 1 saturated carbocycles. The van der Waals surface area contributed by atoms with Crippen LogP contribution in [0.4, 0.5) is 13.2 Å². The number of halogens is 3. The molecule has 15 heavy (non-hydrogen) atoms. The Morgan fingerprint density at radius 2 is 1.87 bits per heavy atom. The molecule has 2 rings (SSSR count). The molecule has 1 atom stereocenters. The highest BCUT2D eigenvalue weighted by atomic mass is 32.2. The Balaban J connectivity index is 2.00. The summed E-state index contributed by atoms with van der Waals surface area (Å²) in [5.74, 6) is -0.163. The van der Waals surface area contributed by atoms with E-state index in [4.69, 9.17) is 0 Å². The lowest BCUT2D eigenvalue weighted by Gasteiger charge is -2.24. The smallest absolute Gasteiger partial charge is 0.300 e. The Morgan fingerprint density at radius 1 is 1.27 bits per heavy atom. The zero-order chi connectivity index (χ0) is 11.3. The number of sulfone groups is 1. The van der Waals surface area contributed by atoms with Crippen LogP contribution in [0.5, 0.6) is 0 Å². The van der Waals surface area contributed by atoms with Crippen molar-refractivity contribution in [1.29, 1.82) is 0 Å². The fraction of sp³-hybridized carbons (Fsp3) is 1.00. The van der Waals surface area contributed by atoms with Gasteiger partial charge in [-0.05, 0) is 19.3 Å². The van der Waals surface area contributed by atoms with Gasteiger partial charge in [0.2, 0.25) is 0 Å². The van der Waals surface area contributed by atoms with Crippen molar-refractivity contribution in [2.24, 2.45) is 0 Å². The van der Waals surface area contributed by atoms with Crippen LogP contribution in [0.2, 0.25) is 0 Å². The average Bonchev–Trinajstić information content (AvgIpc) is 2.73. The molecular weight excluding hydrogens is 231 g/mol. The van der Waals surface area contributed by atoms with Crippen molar-refractivity contribution in [1.82, 2.24) is 5.32 Å². The molecule has 2 fully saturated rings. The number of hydrogen-bond donors (Lipinski definition) is 1. The molecule has 1 N–H and O–H groups in total. The Hall–Kier alpha value is -0.300. The minimum absolute atomic E-state index is 0.00139. The van der Waals surface area contributed by atoms with Gasteiger partial charge in [0.25, 0.3) is 0 Å². The van der Waals surface area contributed by atoms with Crippen LogP contribution in [0, 0.1) is 0 Å². The Kier molecular flexibility index (Phi) is 2.31. The summed E-state index contributed by atoms with van der Waals surface area (Å²) in [6.07, 6.45) is -3.85. The van der Waals surface area contributed by atoms with Crippen molar-refractivity contribution in [3.63, 3.8) is 0 Å². The number of nitrogens with one attached hydrogen (secondary N) is 1. The number of alkyl halides is 3. The standard InChI is InChI=1S/C8H12F3NO2S/c9-8(10,11)7(2-3-7)12-6-1-4-15(13,14)5-6/h6,12H,1-5H2. The number of hydrogen-bond acceptors (Lipinski definition) is 3. The second-order valence-electron chi connectivity index (χ2n) is 4.32. The van der Waals surface area contributed by atoms with Gasteiger partial charge in [-0.1, -0.05) is 0 Å². The third-order valence-electron chi connectivity index (χ3n) is 3.01. The van der Waals surface area contributed by atoms with Crippen molar-refractivity contribution in [3.05, 3.63) is 0 Å². The molecular formula is C8H12F3NO2S. The van der Waals surface area contributed by atoms with Crippen molar-refractivity contribution >= 4 is 9.84 Å². The van der Waals surface area contributed by atoms with Gasteiger partial charge in [0.1, 0.15) is 5.54 Å². The lowest BCUT2D eigenvalue weighted by molar-refractivity contribution is -0.167. The van der Waals surface area contributed by atoms with Crippen LogP contribution in [0.25, 0.3) is 0 Å². The zero-order valence-electron chi connectivity index (χ0n) is 7.97. The van der Waals surface area contributed by atoms with E-state index in [0.717, 1.165) is 0 Å². The molecule has 1 saturated heterocycles. The van der Waals surface area contributed by atoms with Crippen LogP contribution in [0.3, 0.4) is 0 Å². The predicted molar refractivity (Wildman–Crippen MR) is 48.2 cm³/mol. The second kappa shape index (κ2) is 3.10. The highest BCUT2D eigenvalue weighted by Gasteiger charge is 2.64. The van der Waals surface area contributed by atoms with E-state index in [2.05, 4.69) is 5.32 Å². The molecule has 1 aliphatic heterocycles. The minimum atomic E-state index is -4.26. The normalized spacial score (nSPS) is 32.9. The van der Waals surface area contributed by atoms with Crippen LogP contribution < -0.4 is 5.32 Å². The van der Waals surface area contributed by atoms with E-state index < -0.39 is 27.6 Å². The van der Waals surface area contributed by atoms with Crippen molar-refractivity contribution < 1.29 is 21.6 Å².